The van der Waals surface area contributed by atoms with Crippen molar-refractivity contribution in [3.05, 3.63) is 59.7 Å². The van der Waals surface area contributed by atoms with Gasteiger partial charge < -0.3 is 19.9 Å². The SMILES string of the molecule is CN=C(NCc1cc(F)ccc1F)N1CCN(c2cccc(OC)c2)CC1. The molecule has 1 N–H and O–H groups in total. The van der Waals surface area contributed by atoms with Crippen molar-refractivity contribution in [1.29, 1.82) is 0 Å². The van der Waals surface area contributed by atoms with Gasteiger partial charge in [-0.1, -0.05) is 6.07 Å². The van der Waals surface area contributed by atoms with E-state index >= 15 is 0 Å². The maximum absolute atomic E-state index is 13.8. The van der Waals surface area contributed by atoms with E-state index < -0.39 is 11.6 Å². The van der Waals surface area contributed by atoms with Crippen LogP contribution in [0.5, 0.6) is 5.75 Å². The van der Waals surface area contributed by atoms with Gasteiger partial charge in [0.25, 0.3) is 0 Å². The normalized spacial score (nSPS) is 15.0. The molecule has 0 atom stereocenters. The maximum atomic E-state index is 13.8. The number of anilines is 1. The summed E-state index contributed by atoms with van der Waals surface area (Å²) >= 11 is 0. The number of nitrogens with zero attached hydrogens (tertiary/aromatic N) is 3. The van der Waals surface area contributed by atoms with Crippen LogP contribution in [0.3, 0.4) is 0 Å². The Morgan fingerprint density at radius 3 is 2.59 bits per heavy atom. The fraction of sp³-hybridized carbons (Fsp3) is 0.350. The molecular formula is C20H24F2N4O. The van der Waals surface area contributed by atoms with Gasteiger partial charge in [0.15, 0.2) is 5.96 Å². The Hall–Kier alpha value is -2.83. The molecule has 1 aliphatic rings. The molecule has 1 saturated heterocycles. The summed E-state index contributed by atoms with van der Waals surface area (Å²) in [6.45, 7) is 3.42. The molecule has 5 nitrogen and oxygen atoms in total. The standard InChI is InChI=1S/C20H24F2N4O/c1-23-20(24-14-15-12-16(21)6-7-19(15)22)26-10-8-25(9-11-26)17-4-3-5-18(13-17)27-2/h3-7,12-13H,8-11,14H2,1-2H3,(H,23,24). The highest BCUT2D eigenvalue weighted by Crippen LogP contribution is 2.22. The highest BCUT2D eigenvalue weighted by molar-refractivity contribution is 5.80. The number of methoxy groups -OCH3 is 1. The van der Waals surface area contributed by atoms with Crippen molar-refractivity contribution < 1.29 is 13.5 Å². The van der Waals surface area contributed by atoms with Gasteiger partial charge in [-0.25, -0.2) is 8.78 Å². The number of hydrogen-bond acceptors (Lipinski definition) is 3. The number of aliphatic imine (C=N–C) groups is 1. The molecule has 2 aromatic carbocycles. The van der Waals surface area contributed by atoms with Gasteiger partial charge in [-0.2, -0.15) is 0 Å². The molecule has 0 aromatic heterocycles. The molecule has 1 heterocycles. The third-order valence-electron chi connectivity index (χ3n) is 4.65. The van der Waals surface area contributed by atoms with Crippen LogP contribution in [-0.4, -0.2) is 51.2 Å². The summed E-state index contributed by atoms with van der Waals surface area (Å²) in [5.74, 6) is 0.644. The predicted molar refractivity (Wildman–Crippen MR) is 103 cm³/mol. The van der Waals surface area contributed by atoms with Crippen LogP contribution in [-0.2, 0) is 6.54 Å². The number of nitrogens with one attached hydrogen (secondary N) is 1. The summed E-state index contributed by atoms with van der Waals surface area (Å²) in [5.41, 5.74) is 1.41. The lowest BCUT2D eigenvalue weighted by molar-refractivity contribution is 0.371. The maximum Gasteiger partial charge on any atom is 0.194 e. The van der Waals surface area contributed by atoms with Crippen molar-refractivity contribution in [2.24, 2.45) is 4.99 Å². The van der Waals surface area contributed by atoms with Gasteiger partial charge >= 0.3 is 0 Å². The fourth-order valence-electron chi connectivity index (χ4n) is 3.17. The van der Waals surface area contributed by atoms with Gasteiger partial charge in [0.2, 0.25) is 0 Å². The van der Waals surface area contributed by atoms with Crippen molar-refractivity contribution in [3.63, 3.8) is 0 Å². The van der Waals surface area contributed by atoms with E-state index in [2.05, 4.69) is 26.2 Å². The topological polar surface area (TPSA) is 40.1 Å². The molecule has 0 radical (unpaired) electrons. The average Bonchev–Trinajstić information content (AvgIpc) is 2.71. The van der Waals surface area contributed by atoms with Gasteiger partial charge in [0.1, 0.15) is 17.4 Å². The fourth-order valence-corrected chi connectivity index (χ4v) is 3.17. The summed E-state index contributed by atoms with van der Waals surface area (Å²) < 4.78 is 32.4. The Morgan fingerprint density at radius 2 is 1.89 bits per heavy atom. The molecule has 7 heteroatoms. The van der Waals surface area contributed by atoms with Crippen LogP contribution in [0, 0.1) is 11.6 Å². The third kappa shape index (κ3) is 4.67. The molecule has 1 aliphatic heterocycles. The van der Waals surface area contributed by atoms with Gasteiger partial charge in [0, 0.05) is 57.1 Å². The van der Waals surface area contributed by atoms with Crippen LogP contribution in [0.1, 0.15) is 5.56 Å². The smallest absolute Gasteiger partial charge is 0.194 e. The van der Waals surface area contributed by atoms with E-state index in [-0.39, 0.29) is 12.1 Å². The summed E-state index contributed by atoms with van der Waals surface area (Å²) in [6.07, 6.45) is 0. The van der Waals surface area contributed by atoms with Crippen LogP contribution in [0.2, 0.25) is 0 Å². The number of halogens is 2. The van der Waals surface area contributed by atoms with Crippen molar-refractivity contribution in [2.75, 3.05) is 45.2 Å². The first-order chi connectivity index (χ1) is 13.1. The number of benzene rings is 2. The lowest BCUT2D eigenvalue weighted by Crippen LogP contribution is -2.52. The summed E-state index contributed by atoms with van der Waals surface area (Å²) in [7, 11) is 3.35. The van der Waals surface area contributed by atoms with E-state index in [1.165, 1.54) is 6.07 Å². The van der Waals surface area contributed by atoms with Gasteiger partial charge in [-0.15, -0.1) is 0 Å². The molecule has 1 fully saturated rings. The van der Waals surface area contributed by atoms with Crippen LogP contribution < -0.4 is 15.0 Å². The molecule has 0 bridgehead atoms. The number of guanidine groups is 1. The first-order valence-electron chi connectivity index (χ1n) is 8.89. The molecule has 0 unspecified atom stereocenters. The van der Waals surface area contributed by atoms with E-state index in [9.17, 15) is 8.78 Å². The Labute approximate surface area is 158 Å². The predicted octanol–water partition coefficient (Wildman–Crippen LogP) is 2.87. The minimum Gasteiger partial charge on any atom is -0.497 e. The molecule has 0 amide bonds. The lowest BCUT2D eigenvalue weighted by atomic mass is 10.2. The van der Waals surface area contributed by atoms with Crippen molar-refractivity contribution >= 4 is 11.6 Å². The first-order valence-corrected chi connectivity index (χ1v) is 8.89. The van der Waals surface area contributed by atoms with E-state index in [0.29, 0.717) is 5.96 Å². The zero-order chi connectivity index (χ0) is 19.2. The number of rotatable bonds is 4. The summed E-state index contributed by atoms with van der Waals surface area (Å²) in [5, 5.41) is 3.13. The van der Waals surface area contributed by atoms with E-state index in [4.69, 9.17) is 4.74 Å². The van der Waals surface area contributed by atoms with E-state index in [1.807, 2.05) is 18.2 Å². The van der Waals surface area contributed by atoms with Crippen LogP contribution in [0.25, 0.3) is 0 Å². The molecule has 0 saturated carbocycles. The Bertz CT molecular complexity index is 804. The average molecular weight is 374 g/mol. The quantitative estimate of drug-likeness (QED) is 0.660. The number of ether oxygens (including phenoxy) is 1. The van der Waals surface area contributed by atoms with Crippen LogP contribution >= 0.6 is 0 Å². The second-order valence-electron chi connectivity index (χ2n) is 6.31. The first kappa shape index (κ1) is 18.9. The molecule has 3 rings (SSSR count). The van der Waals surface area contributed by atoms with Crippen LogP contribution in [0.15, 0.2) is 47.5 Å². The van der Waals surface area contributed by atoms with E-state index in [0.717, 1.165) is 49.7 Å². The zero-order valence-corrected chi connectivity index (χ0v) is 15.6. The minimum atomic E-state index is -0.449. The minimum absolute atomic E-state index is 0.187. The lowest BCUT2D eigenvalue weighted by Gasteiger charge is -2.37. The zero-order valence-electron chi connectivity index (χ0n) is 15.6. The number of hydrogen-bond donors (Lipinski definition) is 1. The van der Waals surface area contributed by atoms with Crippen molar-refractivity contribution in [3.8, 4) is 5.75 Å². The second kappa shape index (κ2) is 8.70. The monoisotopic (exact) mass is 374 g/mol. The second-order valence-corrected chi connectivity index (χ2v) is 6.31. The van der Waals surface area contributed by atoms with Crippen LogP contribution in [0.4, 0.5) is 14.5 Å². The Balaban J connectivity index is 1.58. The molecule has 144 valence electrons. The molecule has 0 spiro atoms. The third-order valence-corrected chi connectivity index (χ3v) is 4.65. The van der Waals surface area contributed by atoms with Crippen molar-refractivity contribution in [1.82, 2.24) is 10.2 Å². The molecule has 0 aliphatic carbocycles. The molecule has 27 heavy (non-hydrogen) atoms. The highest BCUT2D eigenvalue weighted by atomic mass is 19.1. The van der Waals surface area contributed by atoms with Gasteiger partial charge in [-0.05, 0) is 30.3 Å². The van der Waals surface area contributed by atoms with Gasteiger partial charge in [-0.3, -0.25) is 4.99 Å². The molecule has 2 aromatic rings. The number of piperazine rings is 1. The highest BCUT2D eigenvalue weighted by Gasteiger charge is 2.20. The summed E-state index contributed by atoms with van der Waals surface area (Å²) in [6, 6.07) is 11.5. The van der Waals surface area contributed by atoms with E-state index in [1.54, 1.807) is 14.2 Å². The summed E-state index contributed by atoms with van der Waals surface area (Å²) in [4.78, 5) is 8.69. The Kier molecular flexibility index (Phi) is 6.11. The van der Waals surface area contributed by atoms with Gasteiger partial charge in [0.05, 0.1) is 7.11 Å². The molecular weight excluding hydrogens is 350 g/mol. The Morgan fingerprint density at radius 1 is 1.11 bits per heavy atom. The van der Waals surface area contributed by atoms with Crippen molar-refractivity contribution in [2.45, 2.75) is 6.54 Å². The largest absolute Gasteiger partial charge is 0.497 e.